The maximum absolute atomic E-state index is 12.0. The highest BCUT2D eigenvalue weighted by molar-refractivity contribution is 9.10. The van der Waals surface area contributed by atoms with E-state index in [1.54, 1.807) is 6.20 Å². The molecule has 1 N–H and O–H groups in total. The summed E-state index contributed by atoms with van der Waals surface area (Å²) in [6, 6.07) is 17.4. The topological polar surface area (TPSA) is 51.2 Å². The number of hydrogen-bond acceptors (Lipinski definition) is 3. The summed E-state index contributed by atoms with van der Waals surface area (Å²) in [6.07, 6.45) is 2.12. The Bertz CT molecular complexity index is 851. The molecule has 3 rings (SSSR count). The highest BCUT2D eigenvalue weighted by Gasteiger charge is 2.06. The van der Waals surface area contributed by atoms with Crippen molar-refractivity contribution < 1.29 is 9.53 Å². The maximum Gasteiger partial charge on any atom is 0.224 e. The van der Waals surface area contributed by atoms with Gasteiger partial charge in [0.2, 0.25) is 5.91 Å². The van der Waals surface area contributed by atoms with Crippen molar-refractivity contribution in [2.24, 2.45) is 0 Å². The summed E-state index contributed by atoms with van der Waals surface area (Å²) in [5.74, 6) is 0.753. The highest BCUT2D eigenvalue weighted by atomic mass is 79.9. The zero-order valence-electron chi connectivity index (χ0n) is 13.0. The molecule has 1 amide bonds. The first-order chi connectivity index (χ1) is 11.7. The van der Waals surface area contributed by atoms with Gasteiger partial charge in [-0.25, -0.2) is 0 Å². The van der Waals surface area contributed by atoms with Crippen LogP contribution in [0, 0.1) is 0 Å². The molecule has 0 spiro atoms. The molecule has 0 aliphatic carbocycles. The van der Waals surface area contributed by atoms with Crippen molar-refractivity contribution in [3.8, 4) is 5.75 Å². The number of ether oxygens (including phenoxy) is 1. The number of nitrogens with zero attached hydrogens (tertiary/aromatic N) is 1. The van der Waals surface area contributed by atoms with E-state index in [1.807, 2.05) is 54.6 Å². The van der Waals surface area contributed by atoms with Crippen molar-refractivity contribution in [2.75, 3.05) is 13.2 Å². The first kappa shape index (κ1) is 16.5. The standard InChI is InChI=1S/C19H17BrN2O2/c20-17-6-2-1-4-14(17)13-19(23)22-10-11-24-16-7-8-18-15(12-16)5-3-9-21-18/h1-9,12H,10-11,13H2,(H,22,23). The van der Waals surface area contributed by atoms with Gasteiger partial charge in [0.1, 0.15) is 12.4 Å². The van der Waals surface area contributed by atoms with Crippen LogP contribution in [-0.2, 0) is 11.2 Å². The van der Waals surface area contributed by atoms with E-state index >= 15 is 0 Å². The van der Waals surface area contributed by atoms with E-state index < -0.39 is 0 Å². The van der Waals surface area contributed by atoms with Gasteiger partial charge in [-0.1, -0.05) is 40.2 Å². The molecule has 0 atom stereocenters. The largest absolute Gasteiger partial charge is 0.492 e. The molecule has 0 bridgehead atoms. The Morgan fingerprint density at radius 3 is 2.88 bits per heavy atom. The highest BCUT2D eigenvalue weighted by Crippen LogP contribution is 2.19. The van der Waals surface area contributed by atoms with Gasteiger partial charge in [0.05, 0.1) is 18.5 Å². The lowest BCUT2D eigenvalue weighted by Crippen LogP contribution is -2.29. The number of fused-ring (bicyclic) bond motifs is 1. The number of aromatic nitrogens is 1. The predicted octanol–water partition coefficient (Wildman–Crippen LogP) is 3.74. The van der Waals surface area contributed by atoms with Gasteiger partial charge in [-0.2, -0.15) is 0 Å². The van der Waals surface area contributed by atoms with Gasteiger partial charge < -0.3 is 10.1 Å². The normalized spacial score (nSPS) is 10.5. The quantitative estimate of drug-likeness (QED) is 0.658. The Morgan fingerprint density at radius 1 is 1.12 bits per heavy atom. The minimum atomic E-state index is -0.0202. The molecular formula is C19H17BrN2O2. The smallest absolute Gasteiger partial charge is 0.224 e. The summed E-state index contributed by atoms with van der Waals surface area (Å²) >= 11 is 3.45. The van der Waals surface area contributed by atoms with Crippen molar-refractivity contribution in [1.82, 2.24) is 10.3 Å². The van der Waals surface area contributed by atoms with E-state index in [0.717, 1.165) is 26.7 Å². The fourth-order valence-corrected chi connectivity index (χ4v) is 2.81. The molecular weight excluding hydrogens is 368 g/mol. The molecule has 0 saturated heterocycles. The monoisotopic (exact) mass is 384 g/mol. The van der Waals surface area contributed by atoms with Crippen molar-refractivity contribution in [1.29, 1.82) is 0 Å². The van der Waals surface area contributed by atoms with E-state index in [0.29, 0.717) is 19.6 Å². The van der Waals surface area contributed by atoms with Crippen LogP contribution in [0.4, 0.5) is 0 Å². The molecule has 0 radical (unpaired) electrons. The summed E-state index contributed by atoms with van der Waals surface area (Å²) in [5.41, 5.74) is 1.91. The Hall–Kier alpha value is -2.40. The number of nitrogens with one attached hydrogen (secondary N) is 1. The molecule has 5 heteroatoms. The van der Waals surface area contributed by atoms with E-state index in [2.05, 4.69) is 26.2 Å². The Balaban J connectivity index is 1.46. The van der Waals surface area contributed by atoms with Crippen LogP contribution in [0.5, 0.6) is 5.75 Å². The molecule has 24 heavy (non-hydrogen) atoms. The number of hydrogen-bond donors (Lipinski definition) is 1. The number of carbonyl (C=O) groups excluding carboxylic acids is 1. The minimum Gasteiger partial charge on any atom is -0.492 e. The summed E-state index contributed by atoms with van der Waals surface area (Å²) in [7, 11) is 0. The molecule has 0 unspecified atom stereocenters. The van der Waals surface area contributed by atoms with Crippen molar-refractivity contribution in [2.45, 2.75) is 6.42 Å². The molecule has 1 heterocycles. The van der Waals surface area contributed by atoms with Gasteiger partial charge in [0.15, 0.2) is 0 Å². The predicted molar refractivity (Wildman–Crippen MR) is 98.1 cm³/mol. The summed E-state index contributed by atoms with van der Waals surface area (Å²) in [6.45, 7) is 0.891. The second-order valence-corrected chi connectivity index (χ2v) is 6.18. The fraction of sp³-hybridized carbons (Fsp3) is 0.158. The number of amides is 1. The molecule has 1 aromatic heterocycles. The van der Waals surface area contributed by atoms with Gasteiger partial charge in [0.25, 0.3) is 0 Å². The van der Waals surface area contributed by atoms with Crippen molar-refractivity contribution in [3.05, 3.63) is 70.8 Å². The van der Waals surface area contributed by atoms with E-state index in [-0.39, 0.29) is 5.91 Å². The van der Waals surface area contributed by atoms with Gasteiger partial charge in [-0.05, 0) is 35.9 Å². The third-order valence-electron chi connectivity index (χ3n) is 3.58. The molecule has 0 saturated carbocycles. The molecule has 2 aromatic carbocycles. The zero-order valence-corrected chi connectivity index (χ0v) is 14.6. The third-order valence-corrected chi connectivity index (χ3v) is 4.35. The SMILES string of the molecule is O=C(Cc1ccccc1Br)NCCOc1ccc2ncccc2c1. The van der Waals surface area contributed by atoms with Crippen LogP contribution in [0.25, 0.3) is 10.9 Å². The van der Waals surface area contributed by atoms with Gasteiger partial charge >= 0.3 is 0 Å². The Morgan fingerprint density at radius 2 is 2.00 bits per heavy atom. The van der Waals surface area contributed by atoms with E-state index in [4.69, 9.17) is 4.74 Å². The summed E-state index contributed by atoms with van der Waals surface area (Å²) < 4.78 is 6.63. The van der Waals surface area contributed by atoms with Crippen molar-refractivity contribution >= 4 is 32.7 Å². The molecule has 0 aliphatic heterocycles. The average Bonchev–Trinajstić information content (AvgIpc) is 2.60. The number of pyridine rings is 1. The zero-order chi connectivity index (χ0) is 16.8. The Labute approximate surface area is 149 Å². The van der Waals surface area contributed by atoms with Crippen LogP contribution in [0.2, 0.25) is 0 Å². The number of carbonyl (C=O) groups is 1. The van der Waals surface area contributed by atoms with E-state index in [9.17, 15) is 4.79 Å². The lowest BCUT2D eigenvalue weighted by atomic mass is 10.1. The molecule has 0 aliphatic rings. The third kappa shape index (κ3) is 4.32. The summed E-state index contributed by atoms with van der Waals surface area (Å²) in [4.78, 5) is 16.2. The van der Waals surface area contributed by atoms with Crippen LogP contribution in [0.1, 0.15) is 5.56 Å². The molecule has 122 valence electrons. The van der Waals surface area contributed by atoms with Crippen LogP contribution < -0.4 is 10.1 Å². The molecule has 0 fully saturated rings. The molecule has 3 aromatic rings. The Kier molecular flexibility index (Phi) is 5.43. The van der Waals surface area contributed by atoms with Crippen molar-refractivity contribution in [3.63, 3.8) is 0 Å². The van der Waals surface area contributed by atoms with Crippen LogP contribution in [0.3, 0.4) is 0 Å². The summed E-state index contributed by atoms with van der Waals surface area (Å²) in [5, 5.41) is 3.90. The van der Waals surface area contributed by atoms with Crippen LogP contribution >= 0.6 is 15.9 Å². The van der Waals surface area contributed by atoms with E-state index in [1.165, 1.54) is 0 Å². The lowest BCUT2D eigenvalue weighted by molar-refractivity contribution is -0.120. The minimum absolute atomic E-state index is 0.0202. The second-order valence-electron chi connectivity index (χ2n) is 5.32. The fourth-order valence-electron chi connectivity index (χ4n) is 2.38. The number of halogens is 1. The second kappa shape index (κ2) is 7.93. The van der Waals surface area contributed by atoms with Gasteiger partial charge in [-0.15, -0.1) is 0 Å². The average molecular weight is 385 g/mol. The molecule has 4 nitrogen and oxygen atoms in total. The lowest BCUT2D eigenvalue weighted by Gasteiger charge is -2.09. The first-order valence-corrected chi connectivity index (χ1v) is 8.49. The van der Waals surface area contributed by atoms with Crippen LogP contribution in [0.15, 0.2) is 65.3 Å². The van der Waals surface area contributed by atoms with Gasteiger partial charge in [0, 0.05) is 16.1 Å². The maximum atomic E-state index is 12.0. The number of rotatable bonds is 6. The first-order valence-electron chi connectivity index (χ1n) is 7.70. The van der Waals surface area contributed by atoms with Gasteiger partial charge in [-0.3, -0.25) is 9.78 Å². The number of benzene rings is 2. The van der Waals surface area contributed by atoms with Crippen LogP contribution in [-0.4, -0.2) is 24.0 Å².